The summed E-state index contributed by atoms with van der Waals surface area (Å²) < 4.78 is 10.5. The number of carbonyl (C=O) groups excluding carboxylic acids is 1. The molecule has 5 nitrogen and oxygen atoms in total. The van der Waals surface area contributed by atoms with E-state index in [0.717, 1.165) is 24.1 Å². The average Bonchev–Trinajstić information content (AvgIpc) is 2.79. The molecular formula is C13H16N2O3. The second-order valence-electron chi connectivity index (χ2n) is 4.16. The van der Waals surface area contributed by atoms with Crippen molar-refractivity contribution in [2.24, 2.45) is 5.10 Å². The summed E-state index contributed by atoms with van der Waals surface area (Å²) in [4.78, 5) is 11.0. The Morgan fingerprint density at radius 2 is 2.06 bits per heavy atom. The largest absolute Gasteiger partial charge is 0.493 e. The van der Waals surface area contributed by atoms with Crippen LogP contribution in [0.25, 0.3) is 0 Å². The van der Waals surface area contributed by atoms with Crippen molar-refractivity contribution in [3.8, 4) is 11.5 Å². The molecule has 18 heavy (non-hydrogen) atoms. The van der Waals surface area contributed by atoms with Crippen LogP contribution in [0.15, 0.2) is 23.3 Å². The molecular weight excluding hydrogens is 232 g/mol. The van der Waals surface area contributed by atoms with Gasteiger partial charge in [0.25, 0.3) is 0 Å². The third-order valence-corrected chi connectivity index (χ3v) is 2.99. The maximum absolute atomic E-state index is 11.0. The van der Waals surface area contributed by atoms with Gasteiger partial charge in [-0.25, -0.2) is 5.01 Å². The summed E-state index contributed by atoms with van der Waals surface area (Å²) in [7, 11) is 3.19. The number of hydrazone groups is 1. The number of ether oxygens (including phenoxy) is 2. The fourth-order valence-corrected chi connectivity index (χ4v) is 2.11. The lowest BCUT2D eigenvalue weighted by atomic mass is 10.0. The van der Waals surface area contributed by atoms with E-state index in [2.05, 4.69) is 5.10 Å². The van der Waals surface area contributed by atoms with Crippen molar-refractivity contribution in [2.75, 3.05) is 14.2 Å². The molecule has 0 saturated carbocycles. The molecule has 0 aromatic heterocycles. The van der Waals surface area contributed by atoms with Crippen molar-refractivity contribution in [2.45, 2.75) is 19.4 Å². The van der Waals surface area contributed by atoms with E-state index in [9.17, 15) is 4.79 Å². The molecule has 0 N–H and O–H groups in total. The van der Waals surface area contributed by atoms with E-state index in [-0.39, 0.29) is 6.04 Å². The highest BCUT2D eigenvalue weighted by molar-refractivity contribution is 5.85. The van der Waals surface area contributed by atoms with Gasteiger partial charge in [-0.2, -0.15) is 5.10 Å². The number of carbonyl (C=O) groups is 1. The summed E-state index contributed by atoms with van der Waals surface area (Å²) in [6, 6.07) is 5.59. The summed E-state index contributed by atoms with van der Waals surface area (Å²) in [5.74, 6) is 1.33. The highest BCUT2D eigenvalue weighted by Gasteiger charge is 2.26. The van der Waals surface area contributed by atoms with Crippen molar-refractivity contribution in [3.05, 3.63) is 23.8 Å². The molecule has 0 aliphatic carbocycles. The number of hydrogen-bond donors (Lipinski definition) is 0. The first-order valence-electron chi connectivity index (χ1n) is 5.69. The molecule has 2 rings (SSSR count). The zero-order valence-electron chi connectivity index (χ0n) is 10.7. The van der Waals surface area contributed by atoms with Gasteiger partial charge in [0, 0.05) is 12.1 Å². The minimum absolute atomic E-state index is 0.0534. The smallest absolute Gasteiger partial charge is 0.230 e. The van der Waals surface area contributed by atoms with Crippen LogP contribution in [0.2, 0.25) is 0 Å². The van der Waals surface area contributed by atoms with Gasteiger partial charge >= 0.3 is 0 Å². The molecule has 1 heterocycles. The molecule has 1 aliphatic rings. The quantitative estimate of drug-likeness (QED) is 0.765. The normalized spacial score (nSPS) is 18.5. The third-order valence-electron chi connectivity index (χ3n) is 2.99. The van der Waals surface area contributed by atoms with Crippen LogP contribution < -0.4 is 9.47 Å². The fraction of sp³-hybridized carbons (Fsp3) is 0.385. The number of rotatable bonds is 4. The standard InChI is InChI=1S/C13H16N2O3/c1-9-6-11(15(8-16)14-9)10-4-5-12(17-2)13(7-10)18-3/h4-5,7-8,11H,6H2,1-3H3/t11-/m0/s1. The Bertz CT molecular complexity index is 485. The predicted octanol–water partition coefficient (Wildman–Crippen LogP) is 1.98. The summed E-state index contributed by atoms with van der Waals surface area (Å²) >= 11 is 0. The number of methoxy groups -OCH3 is 2. The van der Waals surface area contributed by atoms with E-state index in [1.54, 1.807) is 14.2 Å². The second kappa shape index (κ2) is 5.08. The number of benzene rings is 1. The van der Waals surface area contributed by atoms with Crippen molar-refractivity contribution in [1.29, 1.82) is 0 Å². The first-order chi connectivity index (χ1) is 8.69. The Kier molecular flexibility index (Phi) is 3.50. The first-order valence-corrected chi connectivity index (χ1v) is 5.69. The van der Waals surface area contributed by atoms with Crippen molar-refractivity contribution >= 4 is 12.1 Å². The molecule has 0 unspecified atom stereocenters. The SMILES string of the molecule is COc1ccc([C@@H]2CC(C)=NN2C=O)cc1OC. The van der Waals surface area contributed by atoms with Gasteiger partial charge < -0.3 is 9.47 Å². The Morgan fingerprint density at radius 1 is 1.33 bits per heavy atom. The van der Waals surface area contributed by atoms with Gasteiger partial charge in [-0.3, -0.25) is 4.79 Å². The van der Waals surface area contributed by atoms with Gasteiger partial charge in [-0.1, -0.05) is 6.07 Å². The van der Waals surface area contributed by atoms with Crippen LogP contribution in [-0.4, -0.2) is 31.4 Å². The molecule has 1 amide bonds. The van der Waals surface area contributed by atoms with Crippen molar-refractivity contribution in [1.82, 2.24) is 5.01 Å². The number of hydrogen-bond acceptors (Lipinski definition) is 4. The molecule has 1 atom stereocenters. The molecule has 1 aliphatic heterocycles. The maximum Gasteiger partial charge on any atom is 0.230 e. The van der Waals surface area contributed by atoms with E-state index < -0.39 is 0 Å². The molecule has 0 radical (unpaired) electrons. The zero-order chi connectivity index (χ0) is 13.1. The lowest BCUT2D eigenvalue weighted by Crippen LogP contribution is -2.17. The third kappa shape index (κ3) is 2.16. The summed E-state index contributed by atoms with van der Waals surface area (Å²) in [6.45, 7) is 1.91. The molecule has 1 aromatic carbocycles. The summed E-state index contributed by atoms with van der Waals surface area (Å²) in [5, 5.41) is 5.61. The van der Waals surface area contributed by atoms with E-state index in [1.165, 1.54) is 5.01 Å². The Labute approximate surface area is 106 Å². The molecule has 5 heteroatoms. The number of amides is 1. The van der Waals surface area contributed by atoms with Crippen molar-refractivity contribution in [3.63, 3.8) is 0 Å². The zero-order valence-corrected chi connectivity index (χ0v) is 10.7. The summed E-state index contributed by atoms with van der Waals surface area (Å²) in [6.07, 6.45) is 1.49. The van der Waals surface area contributed by atoms with Gasteiger partial charge in [0.1, 0.15) is 0 Å². The lowest BCUT2D eigenvalue weighted by Gasteiger charge is -2.19. The van der Waals surface area contributed by atoms with E-state index in [1.807, 2.05) is 25.1 Å². The van der Waals surface area contributed by atoms with E-state index in [4.69, 9.17) is 9.47 Å². The topological polar surface area (TPSA) is 51.1 Å². The van der Waals surface area contributed by atoms with Crippen LogP contribution >= 0.6 is 0 Å². The number of nitrogens with zero attached hydrogens (tertiary/aromatic N) is 2. The lowest BCUT2D eigenvalue weighted by molar-refractivity contribution is -0.119. The molecule has 0 spiro atoms. The Balaban J connectivity index is 2.32. The minimum Gasteiger partial charge on any atom is -0.493 e. The van der Waals surface area contributed by atoms with E-state index in [0.29, 0.717) is 11.5 Å². The fourth-order valence-electron chi connectivity index (χ4n) is 2.11. The van der Waals surface area contributed by atoms with Crippen LogP contribution in [0, 0.1) is 0 Å². The molecule has 96 valence electrons. The summed E-state index contributed by atoms with van der Waals surface area (Å²) in [5.41, 5.74) is 1.93. The highest BCUT2D eigenvalue weighted by atomic mass is 16.5. The van der Waals surface area contributed by atoms with Crippen LogP contribution in [0.3, 0.4) is 0 Å². The van der Waals surface area contributed by atoms with Crippen LogP contribution in [0.4, 0.5) is 0 Å². The van der Waals surface area contributed by atoms with Gasteiger partial charge in [-0.05, 0) is 24.6 Å². The molecule has 1 aromatic rings. The Hall–Kier alpha value is -2.04. The van der Waals surface area contributed by atoms with Gasteiger partial charge in [-0.15, -0.1) is 0 Å². The predicted molar refractivity (Wildman–Crippen MR) is 67.9 cm³/mol. The highest BCUT2D eigenvalue weighted by Crippen LogP contribution is 2.35. The molecule has 0 bridgehead atoms. The van der Waals surface area contributed by atoms with Gasteiger partial charge in [0.2, 0.25) is 6.41 Å². The second-order valence-corrected chi connectivity index (χ2v) is 4.16. The molecule has 0 saturated heterocycles. The Morgan fingerprint density at radius 3 is 2.67 bits per heavy atom. The minimum atomic E-state index is -0.0534. The molecule has 0 fully saturated rings. The van der Waals surface area contributed by atoms with Crippen LogP contribution in [0.5, 0.6) is 11.5 Å². The van der Waals surface area contributed by atoms with Crippen LogP contribution in [-0.2, 0) is 4.79 Å². The van der Waals surface area contributed by atoms with Crippen molar-refractivity contribution < 1.29 is 14.3 Å². The monoisotopic (exact) mass is 248 g/mol. The van der Waals surface area contributed by atoms with Gasteiger partial charge in [0.15, 0.2) is 11.5 Å². The van der Waals surface area contributed by atoms with E-state index >= 15 is 0 Å². The van der Waals surface area contributed by atoms with Gasteiger partial charge in [0.05, 0.1) is 20.3 Å². The average molecular weight is 248 g/mol. The first kappa shape index (κ1) is 12.4. The van der Waals surface area contributed by atoms with Crippen LogP contribution in [0.1, 0.15) is 24.9 Å². The maximum atomic E-state index is 11.0.